The lowest BCUT2D eigenvalue weighted by atomic mass is 10.1. The van der Waals surface area contributed by atoms with E-state index in [-0.39, 0.29) is 5.75 Å². The lowest BCUT2D eigenvalue weighted by Gasteiger charge is -2.04. The van der Waals surface area contributed by atoms with Crippen molar-refractivity contribution in [1.29, 1.82) is 0 Å². The van der Waals surface area contributed by atoms with Gasteiger partial charge in [0.25, 0.3) is 0 Å². The van der Waals surface area contributed by atoms with Crippen LogP contribution in [0.5, 0.6) is 5.75 Å². The van der Waals surface area contributed by atoms with Crippen molar-refractivity contribution in [2.45, 2.75) is 20.8 Å². The summed E-state index contributed by atoms with van der Waals surface area (Å²) in [6.07, 6.45) is 2.97. The summed E-state index contributed by atoms with van der Waals surface area (Å²) in [5.41, 5.74) is 1.22. The topological polar surface area (TPSA) is 46.0 Å². The molecule has 0 saturated heterocycles. The van der Waals surface area contributed by atoms with E-state index >= 15 is 0 Å². The second kappa shape index (κ2) is 4.94. The van der Waals surface area contributed by atoms with Crippen molar-refractivity contribution in [3.63, 3.8) is 0 Å². The maximum Gasteiger partial charge on any atom is 0.144 e. The molecule has 0 bridgehead atoms. The minimum Gasteiger partial charge on any atom is -0.505 e. The smallest absolute Gasteiger partial charge is 0.144 e. The fraction of sp³-hybridized carbons (Fsp3) is 0.273. The van der Waals surface area contributed by atoms with Crippen molar-refractivity contribution in [2.24, 2.45) is 0 Å². The van der Waals surface area contributed by atoms with E-state index in [0.717, 1.165) is 5.56 Å². The van der Waals surface area contributed by atoms with Gasteiger partial charge in [0.1, 0.15) is 17.6 Å². The number of hydrogen-bond donors (Lipinski definition) is 1. The van der Waals surface area contributed by atoms with Crippen molar-refractivity contribution in [1.82, 2.24) is 9.97 Å². The van der Waals surface area contributed by atoms with E-state index in [2.05, 4.69) is 9.97 Å². The highest BCUT2D eigenvalue weighted by atomic mass is 35.5. The molecule has 0 radical (unpaired) electrons. The van der Waals surface area contributed by atoms with E-state index in [9.17, 15) is 5.11 Å². The fourth-order valence-electron chi connectivity index (χ4n) is 1.22. The predicted octanol–water partition coefficient (Wildman–Crippen LogP) is 3.32. The number of aromatic nitrogens is 2. The first-order valence-corrected chi connectivity index (χ1v) is 5.15. The Morgan fingerprint density at radius 1 is 1.33 bits per heavy atom. The maximum absolute atomic E-state index is 9.63. The first-order chi connectivity index (χ1) is 7.20. The molecule has 3 nitrogen and oxygen atoms in total. The zero-order valence-electron chi connectivity index (χ0n) is 8.95. The first-order valence-electron chi connectivity index (χ1n) is 4.78. The zero-order valence-corrected chi connectivity index (χ0v) is 9.71. The highest BCUT2D eigenvalue weighted by Gasteiger charge is 2.07. The van der Waals surface area contributed by atoms with Gasteiger partial charge in [-0.25, -0.2) is 9.97 Å². The number of aromatic hydroxyl groups is 1. The molecule has 2 rings (SSSR count). The van der Waals surface area contributed by atoms with Crippen LogP contribution in [-0.4, -0.2) is 15.1 Å². The predicted molar refractivity (Wildman–Crippen MR) is 62.3 cm³/mol. The minimum absolute atomic E-state index is 0.168. The Hall–Kier alpha value is -1.35. The molecule has 4 heteroatoms. The quantitative estimate of drug-likeness (QED) is 0.747. The summed E-state index contributed by atoms with van der Waals surface area (Å²) in [4.78, 5) is 7.79. The Labute approximate surface area is 93.8 Å². The number of hydrogen-bond acceptors (Lipinski definition) is 3. The van der Waals surface area contributed by atoms with Crippen LogP contribution in [0.4, 0.5) is 0 Å². The Morgan fingerprint density at radius 3 is 2.67 bits per heavy atom. The average molecular weight is 225 g/mol. The Morgan fingerprint density at radius 2 is 2.00 bits per heavy atom. The largest absolute Gasteiger partial charge is 0.505 e. The van der Waals surface area contributed by atoms with Crippen molar-refractivity contribution in [2.75, 3.05) is 0 Å². The number of phenols is 1. The van der Waals surface area contributed by atoms with Gasteiger partial charge in [0.2, 0.25) is 0 Å². The zero-order chi connectivity index (χ0) is 11.4. The van der Waals surface area contributed by atoms with Crippen molar-refractivity contribution in [3.8, 4) is 5.75 Å². The Kier molecular flexibility index (Phi) is 3.86. The third-order valence-corrected chi connectivity index (χ3v) is 2.22. The molecular formula is C11H13ClN2O. The summed E-state index contributed by atoms with van der Waals surface area (Å²) < 4.78 is 0. The van der Waals surface area contributed by atoms with E-state index in [1.807, 2.05) is 13.8 Å². The van der Waals surface area contributed by atoms with Gasteiger partial charge in [-0.1, -0.05) is 25.4 Å². The van der Waals surface area contributed by atoms with Crippen LogP contribution in [0.3, 0.4) is 0 Å². The van der Waals surface area contributed by atoms with Crippen LogP contribution in [0.15, 0.2) is 18.6 Å². The summed E-state index contributed by atoms with van der Waals surface area (Å²) in [5.74, 6) is 0.168. The summed E-state index contributed by atoms with van der Waals surface area (Å²) in [7, 11) is 0. The van der Waals surface area contributed by atoms with Gasteiger partial charge in [-0.2, -0.15) is 0 Å². The second-order valence-electron chi connectivity index (χ2n) is 2.81. The molecular weight excluding hydrogens is 212 g/mol. The molecule has 15 heavy (non-hydrogen) atoms. The summed E-state index contributed by atoms with van der Waals surface area (Å²) in [5, 5.41) is 10.9. The van der Waals surface area contributed by atoms with Gasteiger partial charge in [0, 0.05) is 11.6 Å². The first kappa shape index (κ1) is 11.7. The third kappa shape index (κ3) is 2.18. The van der Waals surface area contributed by atoms with Gasteiger partial charge < -0.3 is 5.11 Å². The lowest BCUT2D eigenvalue weighted by molar-refractivity contribution is 0.476. The number of phenolic OH excluding ortho intramolecular Hbond substituents is 1. The molecule has 1 aromatic carbocycles. The number of fused-ring (bicyclic) bond motifs is 1. The normalized spacial score (nSPS) is 9.60. The van der Waals surface area contributed by atoms with Gasteiger partial charge in [0.05, 0.1) is 5.02 Å². The van der Waals surface area contributed by atoms with E-state index in [1.165, 1.54) is 6.33 Å². The Bertz CT molecular complexity index is 471. The van der Waals surface area contributed by atoms with Crippen LogP contribution in [-0.2, 0) is 0 Å². The molecule has 1 aromatic heterocycles. The van der Waals surface area contributed by atoms with E-state index in [0.29, 0.717) is 15.9 Å². The van der Waals surface area contributed by atoms with Crippen LogP contribution in [0, 0.1) is 6.92 Å². The molecule has 80 valence electrons. The number of rotatable bonds is 0. The Balaban J connectivity index is 0.000000531. The van der Waals surface area contributed by atoms with Gasteiger partial charge >= 0.3 is 0 Å². The number of aryl methyl sites for hydroxylation is 1. The second-order valence-corrected chi connectivity index (χ2v) is 3.22. The highest BCUT2D eigenvalue weighted by molar-refractivity contribution is 6.35. The van der Waals surface area contributed by atoms with Crippen LogP contribution in [0.25, 0.3) is 10.9 Å². The maximum atomic E-state index is 9.63. The highest BCUT2D eigenvalue weighted by Crippen LogP contribution is 2.31. The molecule has 1 heterocycles. The van der Waals surface area contributed by atoms with Gasteiger partial charge in [-0.05, 0) is 18.6 Å². The minimum atomic E-state index is 0.168. The van der Waals surface area contributed by atoms with Crippen molar-refractivity contribution < 1.29 is 5.11 Å². The number of halogens is 1. The van der Waals surface area contributed by atoms with Gasteiger partial charge in [-0.3, -0.25) is 0 Å². The van der Waals surface area contributed by atoms with Crippen LogP contribution >= 0.6 is 11.6 Å². The lowest BCUT2D eigenvalue weighted by Crippen LogP contribution is -1.85. The fourth-order valence-corrected chi connectivity index (χ4v) is 1.52. The number of benzene rings is 1. The monoisotopic (exact) mass is 224 g/mol. The molecule has 0 spiro atoms. The van der Waals surface area contributed by atoms with Crippen LogP contribution in [0.2, 0.25) is 5.02 Å². The van der Waals surface area contributed by atoms with Crippen LogP contribution in [0.1, 0.15) is 19.4 Å². The molecule has 0 aliphatic rings. The molecule has 0 amide bonds. The number of nitrogens with zero attached hydrogens (tertiary/aromatic N) is 2. The standard InChI is InChI=1S/C9H7ClN2O.C2H6/c1-5-2-7(10)6-3-11-4-12-8(6)9(5)13;1-2/h2-4,13H,1H3;1-2H3. The van der Waals surface area contributed by atoms with Gasteiger partial charge in [-0.15, -0.1) is 0 Å². The third-order valence-electron chi connectivity index (χ3n) is 1.91. The molecule has 0 saturated carbocycles. The SMILES string of the molecule is CC.Cc1cc(Cl)c2cncnc2c1O. The molecule has 0 aliphatic carbocycles. The summed E-state index contributed by atoms with van der Waals surface area (Å²) in [6.45, 7) is 5.78. The molecule has 0 fully saturated rings. The summed E-state index contributed by atoms with van der Waals surface area (Å²) >= 11 is 5.94. The van der Waals surface area contributed by atoms with Crippen LogP contribution < -0.4 is 0 Å². The summed E-state index contributed by atoms with van der Waals surface area (Å²) in [6, 6.07) is 1.70. The molecule has 0 aliphatic heterocycles. The van der Waals surface area contributed by atoms with Gasteiger partial charge in [0.15, 0.2) is 0 Å². The average Bonchev–Trinajstić information content (AvgIpc) is 2.29. The van der Waals surface area contributed by atoms with E-state index in [4.69, 9.17) is 11.6 Å². The molecule has 0 atom stereocenters. The van der Waals surface area contributed by atoms with E-state index in [1.54, 1.807) is 19.2 Å². The molecule has 2 aromatic rings. The molecule has 0 unspecified atom stereocenters. The van der Waals surface area contributed by atoms with Crippen molar-refractivity contribution >= 4 is 22.5 Å². The van der Waals surface area contributed by atoms with E-state index < -0.39 is 0 Å². The molecule has 1 N–H and O–H groups in total. The van der Waals surface area contributed by atoms with Crippen molar-refractivity contribution in [3.05, 3.63) is 29.2 Å².